The zero-order valence-electron chi connectivity index (χ0n) is 13.1. The number of halogens is 1. The maximum atomic E-state index is 12.8. The first kappa shape index (κ1) is 17.0. The number of thioether (sulfide) groups is 1. The third kappa shape index (κ3) is 3.21. The number of hydrogen-bond donors (Lipinski definition) is 0. The number of nitrogens with zero attached hydrogens (tertiary/aromatic N) is 1. The highest BCUT2D eigenvalue weighted by atomic mass is 79.9. The average Bonchev–Trinajstić information content (AvgIpc) is 2.73. The van der Waals surface area contributed by atoms with E-state index >= 15 is 0 Å². The number of hydrogen-bond acceptors (Lipinski definition) is 4. The molecule has 1 aliphatic heterocycles. The van der Waals surface area contributed by atoms with Crippen molar-refractivity contribution in [3.63, 3.8) is 0 Å². The number of carbonyl (C=O) groups is 2. The van der Waals surface area contributed by atoms with Crippen LogP contribution in [0.2, 0.25) is 0 Å². The van der Waals surface area contributed by atoms with Crippen molar-refractivity contribution in [3.05, 3.63) is 54.1 Å². The molecule has 124 valence electrons. The number of ketones is 1. The van der Waals surface area contributed by atoms with Gasteiger partial charge in [0, 0.05) is 16.8 Å². The number of fused-ring (bicyclic) bond motifs is 1. The summed E-state index contributed by atoms with van der Waals surface area (Å²) in [5.74, 6) is -0.146. The summed E-state index contributed by atoms with van der Waals surface area (Å²) >= 11 is 4.78. The zero-order chi connectivity index (χ0) is 17.1. The Morgan fingerprint density at radius 2 is 1.83 bits per heavy atom. The van der Waals surface area contributed by atoms with Crippen molar-refractivity contribution in [3.8, 4) is 5.75 Å². The van der Waals surface area contributed by atoms with Gasteiger partial charge < -0.3 is 9.64 Å². The number of benzene rings is 2. The van der Waals surface area contributed by atoms with Crippen LogP contribution < -0.4 is 9.64 Å². The van der Waals surface area contributed by atoms with E-state index < -0.39 is 16.9 Å². The number of carbonyl (C=O) groups excluding carboxylic acids is 2. The largest absolute Gasteiger partial charge is 0.497 e. The lowest BCUT2D eigenvalue weighted by Crippen LogP contribution is -2.38. The molecule has 4 nitrogen and oxygen atoms in total. The fourth-order valence-electron chi connectivity index (χ4n) is 2.62. The van der Waals surface area contributed by atoms with E-state index in [1.807, 2.05) is 36.4 Å². The second-order valence-electron chi connectivity index (χ2n) is 5.25. The minimum absolute atomic E-state index is 0.401. The molecule has 0 spiro atoms. The van der Waals surface area contributed by atoms with Crippen LogP contribution in [0, 0.1) is 0 Å². The minimum atomic E-state index is -0.551. The van der Waals surface area contributed by atoms with E-state index in [4.69, 9.17) is 4.74 Å². The summed E-state index contributed by atoms with van der Waals surface area (Å²) in [6.45, 7) is 0.456. The predicted octanol–water partition coefficient (Wildman–Crippen LogP) is 3.84. The normalized spacial score (nSPS) is 17.4. The number of methoxy groups -OCH3 is 1. The zero-order valence-corrected chi connectivity index (χ0v) is 15.5. The van der Waals surface area contributed by atoms with Crippen molar-refractivity contribution < 1.29 is 14.3 Å². The summed E-state index contributed by atoms with van der Waals surface area (Å²) in [7, 11) is 1.60. The molecule has 2 aromatic rings. The highest BCUT2D eigenvalue weighted by Crippen LogP contribution is 2.44. The molecule has 0 aromatic heterocycles. The van der Waals surface area contributed by atoms with E-state index in [0.717, 1.165) is 21.9 Å². The first-order valence-corrected chi connectivity index (χ1v) is 9.47. The van der Waals surface area contributed by atoms with Crippen LogP contribution in [0.3, 0.4) is 0 Å². The molecular weight excluding hydrogens is 390 g/mol. The SMILES string of the molecule is COc1ccc(C2Sc3ccccc3N(CCBr)C(=O)C2=O)cc1. The predicted molar refractivity (Wildman–Crippen MR) is 99.2 cm³/mol. The first-order valence-electron chi connectivity index (χ1n) is 7.47. The molecular formula is C18H16BrNO3S. The Morgan fingerprint density at radius 3 is 2.50 bits per heavy atom. The smallest absolute Gasteiger partial charge is 0.295 e. The third-order valence-corrected chi connectivity index (χ3v) is 5.50. The summed E-state index contributed by atoms with van der Waals surface area (Å²) in [6, 6.07) is 14.9. The van der Waals surface area contributed by atoms with Crippen LogP contribution >= 0.6 is 27.7 Å². The highest BCUT2D eigenvalue weighted by molar-refractivity contribution is 9.09. The van der Waals surface area contributed by atoms with Crippen molar-refractivity contribution in [2.75, 3.05) is 23.9 Å². The van der Waals surface area contributed by atoms with E-state index in [1.165, 1.54) is 11.8 Å². The van der Waals surface area contributed by atoms with Crippen molar-refractivity contribution in [1.82, 2.24) is 0 Å². The molecule has 1 atom stereocenters. The number of rotatable bonds is 4. The molecule has 0 fully saturated rings. The Bertz CT molecular complexity index is 763. The summed E-state index contributed by atoms with van der Waals surface area (Å²) < 4.78 is 5.16. The standard InChI is InChI=1S/C18H16BrNO3S/c1-23-13-8-6-12(7-9-13)17-16(21)18(22)20(11-10-19)14-4-2-3-5-15(14)24-17/h2-9,17H,10-11H2,1H3. The fraction of sp³-hybridized carbons (Fsp3) is 0.222. The van der Waals surface area contributed by atoms with Crippen LogP contribution in [0.5, 0.6) is 5.75 Å². The van der Waals surface area contributed by atoms with Gasteiger partial charge in [0.25, 0.3) is 5.91 Å². The minimum Gasteiger partial charge on any atom is -0.497 e. The molecule has 0 radical (unpaired) electrons. The molecule has 1 aliphatic rings. The van der Waals surface area contributed by atoms with Crippen LogP contribution in [-0.4, -0.2) is 30.7 Å². The van der Waals surface area contributed by atoms with Gasteiger partial charge in [0.1, 0.15) is 11.0 Å². The second-order valence-corrected chi connectivity index (χ2v) is 7.19. The second kappa shape index (κ2) is 7.40. The Balaban J connectivity index is 2.03. The van der Waals surface area contributed by atoms with Gasteiger partial charge in [-0.1, -0.05) is 40.2 Å². The highest BCUT2D eigenvalue weighted by Gasteiger charge is 2.36. The molecule has 3 rings (SSSR count). The number of Topliss-reactive ketones (excluding diaryl/α,β-unsaturated/α-hetero) is 1. The molecule has 1 amide bonds. The van der Waals surface area contributed by atoms with E-state index in [1.54, 1.807) is 24.1 Å². The lowest BCUT2D eigenvalue weighted by Gasteiger charge is -2.20. The lowest BCUT2D eigenvalue weighted by atomic mass is 10.1. The number of alkyl halides is 1. The van der Waals surface area contributed by atoms with Gasteiger partial charge >= 0.3 is 0 Å². The Kier molecular flexibility index (Phi) is 5.26. The molecule has 0 N–H and O–H groups in total. The van der Waals surface area contributed by atoms with Gasteiger partial charge in [0.2, 0.25) is 5.78 Å². The average molecular weight is 406 g/mol. The molecule has 0 saturated heterocycles. The van der Waals surface area contributed by atoms with Crippen LogP contribution in [0.1, 0.15) is 10.8 Å². The van der Waals surface area contributed by atoms with Gasteiger partial charge in [-0.05, 0) is 29.8 Å². The van der Waals surface area contributed by atoms with Crippen molar-refractivity contribution in [2.24, 2.45) is 0 Å². The Morgan fingerprint density at radius 1 is 1.12 bits per heavy atom. The van der Waals surface area contributed by atoms with Gasteiger partial charge in [-0.2, -0.15) is 0 Å². The summed E-state index contributed by atoms with van der Waals surface area (Å²) in [6.07, 6.45) is 0. The number of anilines is 1. The fourth-order valence-corrected chi connectivity index (χ4v) is 4.19. The van der Waals surface area contributed by atoms with Crippen molar-refractivity contribution in [2.45, 2.75) is 10.1 Å². The quantitative estimate of drug-likeness (QED) is 0.572. The van der Waals surface area contributed by atoms with Crippen LogP contribution in [-0.2, 0) is 9.59 Å². The molecule has 0 saturated carbocycles. The van der Waals surface area contributed by atoms with Gasteiger partial charge in [0.05, 0.1) is 12.8 Å². The third-order valence-electron chi connectivity index (χ3n) is 3.82. The van der Waals surface area contributed by atoms with Gasteiger partial charge in [-0.15, -0.1) is 11.8 Å². The lowest BCUT2D eigenvalue weighted by molar-refractivity contribution is -0.135. The topological polar surface area (TPSA) is 46.6 Å². The first-order chi connectivity index (χ1) is 11.7. The van der Waals surface area contributed by atoms with E-state index in [2.05, 4.69) is 15.9 Å². The number of ether oxygens (including phenoxy) is 1. The molecule has 1 heterocycles. The Hall–Kier alpha value is -1.79. The van der Waals surface area contributed by atoms with Crippen molar-refractivity contribution in [1.29, 1.82) is 0 Å². The van der Waals surface area contributed by atoms with Crippen molar-refractivity contribution >= 4 is 45.1 Å². The number of para-hydroxylation sites is 1. The molecule has 6 heteroatoms. The summed E-state index contributed by atoms with van der Waals surface area (Å²) in [5.41, 5.74) is 1.59. The van der Waals surface area contributed by atoms with E-state index in [0.29, 0.717) is 11.9 Å². The maximum Gasteiger partial charge on any atom is 0.295 e. The number of amides is 1. The maximum absolute atomic E-state index is 12.8. The van der Waals surface area contributed by atoms with Crippen LogP contribution in [0.15, 0.2) is 53.4 Å². The van der Waals surface area contributed by atoms with Gasteiger partial charge in [-0.25, -0.2) is 0 Å². The molecule has 0 bridgehead atoms. The van der Waals surface area contributed by atoms with Crippen LogP contribution in [0.25, 0.3) is 0 Å². The summed E-state index contributed by atoms with van der Waals surface area (Å²) in [5, 5.41) is 0.0583. The molecule has 1 unspecified atom stereocenters. The van der Waals surface area contributed by atoms with Crippen LogP contribution in [0.4, 0.5) is 5.69 Å². The Labute approximate surface area is 153 Å². The van der Waals surface area contributed by atoms with E-state index in [9.17, 15) is 9.59 Å². The molecule has 2 aromatic carbocycles. The molecule has 24 heavy (non-hydrogen) atoms. The van der Waals surface area contributed by atoms with Gasteiger partial charge in [0.15, 0.2) is 0 Å². The molecule has 0 aliphatic carbocycles. The van der Waals surface area contributed by atoms with E-state index in [-0.39, 0.29) is 0 Å². The van der Waals surface area contributed by atoms with Gasteiger partial charge in [-0.3, -0.25) is 9.59 Å². The summed E-state index contributed by atoms with van der Waals surface area (Å²) in [4.78, 5) is 28.0. The monoisotopic (exact) mass is 405 g/mol.